The molecule has 7 nitrogen and oxygen atoms in total. The Hall–Kier alpha value is -1.96. The minimum Gasteiger partial charge on any atom is -0.378 e. The predicted octanol–water partition coefficient (Wildman–Crippen LogP) is 2.51. The van der Waals surface area contributed by atoms with Gasteiger partial charge in [0.05, 0.1) is 16.8 Å². The van der Waals surface area contributed by atoms with E-state index in [2.05, 4.69) is 10.1 Å². The van der Waals surface area contributed by atoms with Crippen molar-refractivity contribution in [3.63, 3.8) is 0 Å². The highest BCUT2D eigenvalue weighted by atomic mass is 35.5. The molecule has 1 fully saturated rings. The Balaban J connectivity index is 1.70. The van der Waals surface area contributed by atoms with Gasteiger partial charge in [-0.2, -0.15) is 5.10 Å². The number of nitrogens with two attached hydrogens (primary N) is 1. The maximum Gasteiger partial charge on any atom is 0.274 e. The largest absolute Gasteiger partial charge is 0.378 e. The normalized spacial score (nSPS) is 15.3. The van der Waals surface area contributed by atoms with E-state index in [1.807, 2.05) is 19.9 Å². The second kappa shape index (κ2) is 8.82. The van der Waals surface area contributed by atoms with Crippen molar-refractivity contribution >= 4 is 17.5 Å². The molecular formula is C19H26ClN5O2. The first-order valence-electron chi connectivity index (χ1n) is 9.30. The molecule has 146 valence electrons. The SMILES string of the molecule is Cc1cc(C)n(-c2ccc(Cl)c(C(=O)N3CCC(OCCCN)CC3)n2)n1. The third-order valence-electron chi connectivity index (χ3n) is 4.69. The fraction of sp³-hybridized carbons (Fsp3) is 0.526. The lowest BCUT2D eigenvalue weighted by Gasteiger charge is -2.32. The summed E-state index contributed by atoms with van der Waals surface area (Å²) in [5.41, 5.74) is 7.61. The van der Waals surface area contributed by atoms with Crippen molar-refractivity contribution in [3.8, 4) is 5.82 Å². The van der Waals surface area contributed by atoms with Crippen LogP contribution in [0.15, 0.2) is 18.2 Å². The molecule has 0 spiro atoms. The lowest BCUT2D eigenvalue weighted by Crippen LogP contribution is -2.41. The molecule has 2 aromatic heterocycles. The van der Waals surface area contributed by atoms with Crippen LogP contribution < -0.4 is 5.73 Å². The van der Waals surface area contributed by atoms with Gasteiger partial charge in [-0.25, -0.2) is 9.67 Å². The van der Waals surface area contributed by atoms with Crippen LogP contribution in [-0.4, -0.2) is 57.9 Å². The van der Waals surface area contributed by atoms with Crippen molar-refractivity contribution in [2.45, 2.75) is 39.2 Å². The summed E-state index contributed by atoms with van der Waals surface area (Å²) in [6.07, 6.45) is 2.67. The summed E-state index contributed by atoms with van der Waals surface area (Å²) in [6.45, 7) is 6.45. The first-order chi connectivity index (χ1) is 13.0. The summed E-state index contributed by atoms with van der Waals surface area (Å²) in [5, 5.41) is 4.78. The number of nitrogens with zero attached hydrogens (tertiary/aromatic N) is 4. The van der Waals surface area contributed by atoms with Crippen molar-refractivity contribution < 1.29 is 9.53 Å². The molecule has 8 heteroatoms. The average molecular weight is 392 g/mol. The summed E-state index contributed by atoms with van der Waals surface area (Å²) < 4.78 is 7.52. The molecular weight excluding hydrogens is 366 g/mol. The quantitative estimate of drug-likeness (QED) is 0.764. The molecule has 0 aliphatic carbocycles. The van der Waals surface area contributed by atoms with Crippen LogP contribution in [0.5, 0.6) is 0 Å². The number of rotatable bonds is 6. The zero-order valence-electron chi connectivity index (χ0n) is 15.8. The monoisotopic (exact) mass is 391 g/mol. The number of carbonyl (C=O) groups is 1. The Labute approximate surface area is 164 Å². The van der Waals surface area contributed by atoms with Gasteiger partial charge in [0.2, 0.25) is 0 Å². The number of pyridine rings is 1. The van der Waals surface area contributed by atoms with Crippen LogP contribution >= 0.6 is 11.6 Å². The second-order valence-electron chi connectivity index (χ2n) is 6.84. The van der Waals surface area contributed by atoms with Gasteiger partial charge in [0, 0.05) is 25.4 Å². The van der Waals surface area contributed by atoms with E-state index in [-0.39, 0.29) is 17.7 Å². The Morgan fingerprint density at radius 3 is 2.70 bits per heavy atom. The summed E-state index contributed by atoms with van der Waals surface area (Å²) in [7, 11) is 0. The average Bonchev–Trinajstić information content (AvgIpc) is 3.00. The number of aryl methyl sites for hydroxylation is 2. The number of halogens is 1. The van der Waals surface area contributed by atoms with Gasteiger partial charge < -0.3 is 15.4 Å². The molecule has 0 unspecified atom stereocenters. The predicted molar refractivity (Wildman–Crippen MR) is 104 cm³/mol. The van der Waals surface area contributed by atoms with Gasteiger partial charge in [-0.15, -0.1) is 0 Å². The van der Waals surface area contributed by atoms with E-state index in [1.165, 1.54) is 0 Å². The highest BCUT2D eigenvalue weighted by Crippen LogP contribution is 2.22. The molecule has 2 N–H and O–H groups in total. The van der Waals surface area contributed by atoms with Gasteiger partial charge in [-0.05, 0) is 57.9 Å². The maximum atomic E-state index is 13.0. The fourth-order valence-corrected chi connectivity index (χ4v) is 3.46. The second-order valence-corrected chi connectivity index (χ2v) is 7.25. The molecule has 1 aliphatic heterocycles. The zero-order chi connectivity index (χ0) is 19.4. The minimum atomic E-state index is -0.149. The van der Waals surface area contributed by atoms with Gasteiger partial charge in [-0.1, -0.05) is 11.6 Å². The van der Waals surface area contributed by atoms with Crippen molar-refractivity contribution in [3.05, 3.63) is 40.3 Å². The summed E-state index contributed by atoms with van der Waals surface area (Å²) in [4.78, 5) is 19.3. The molecule has 0 aromatic carbocycles. The van der Waals surface area contributed by atoms with Gasteiger partial charge in [0.25, 0.3) is 5.91 Å². The number of piperidine rings is 1. The molecule has 0 saturated carbocycles. The van der Waals surface area contributed by atoms with Crippen molar-refractivity contribution in [1.29, 1.82) is 0 Å². The number of hydrogen-bond donors (Lipinski definition) is 1. The molecule has 1 amide bonds. The summed E-state index contributed by atoms with van der Waals surface area (Å²) >= 11 is 6.28. The van der Waals surface area contributed by atoms with Crippen molar-refractivity contribution in [2.75, 3.05) is 26.2 Å². The molecule has 0 bridgehead atoms. The van der Waals surface area contributed by atoms with Crippen LogP contribution in [-0.2, 0) is 4.74 Å². The minimum absolute atomic E-state index is 0.149. The summed E-state index contributed by atoms with van der Waals surface area (Å²) in [6, 6.07) is 5.44. The van der Waals surface area contributed by atoms with E-state index in [0.29, 0.717) is 37.1 Å². The van der Waals surface area contributed by atoms with Crippen LogP contribution in [0.25, 0.3) is 5.82 Å². The highest BCUT2D eigenvalue weighted by molar-refractivity contribution is 6.33. The number of amides is 1. The molecule has 0 atom stereocenters. The standard InChI is InChI=1S/C19H26ClN5O2/c1-13-12-14(2)25(23-13)17-5-4-16(20)18(22-17)19(26)24-9-6-15(7-10-24)27-11-3-8-21/h4-5,12,15H,3,6-11,21H2,1-2H3. The molecule has 1 saturated heterocycles. The Kier molecular flexibility index (Phi) is 6.46. The van der Waals surface area contributed by atoms with E-state index < -0.39 is 0 Å². The molecule has 3 heterocycles. The third kappa shape index (κ3) is 4.66. The Morgan fingerprint density at radius 2 is 2.07 bits per heavy atom. The Morgan fingerprint density at radius 1 is 1.33 bits per heavy atom. The van der Waals surface area contributed by atoms with E-state index in [1.54, 1.807) is 21.7 Å². The number of carbonyl (C=O) groups excluding carboxylic acids is 1. The molecule has 0 radical (unpaired) electrons. The van der Waals surface area contributed by atoms with Crippen molar-refractivity contribution in [2.24, 2.45) is 5.73 Å². The van der Waals surface area contributed by atoms with Crippen LogP contribution in [0.1, 0.15) is 41.1 Å². The zero-order valence-corrected chi connectivity index (χ0v) is 16.6. The molecule has 2 aromatic rings. The first-order valence-corrected chi connectivity index (χ1v) is 9.68. The smallest absolute Gasteiger partial charge is 0.274 e. The summed E-state index contributed by atoms with van der Waals surface area (Å²) in [5.74, 6) is 0.442. The van der Waals surface area contributed by atoms with Gasteiger partial charge in [0.1, 0.15) is 5.69 Å². The van der Waals surface area contributed by atoms with E-state index in [9.17, 15) is 4.79 Å². The van der Waals surface area contributed by atoms with Crippen LogP contribution in [0.4, 0.5) is 0 Å². The maximum absolute atomic E-state index is 13.0. The lowest BCUT2D eigenvalue weighted by molar-refractivity contribution is 0.00829. The van der Waals surface area contributed by atoms with Gasteiger partial charge >= 0.3 is 0 Å². The molecule has 3 rings (SSSR count). The third-order valence-corrected chi connectivity index (χ3v) is 5.00. The van der Waals surface area contributed by atoms with Gasteiger partial charge in [0.15, 0.2) is 5.82 Å². The molecule has 1 aliphatic rings. The molecule has 27 heavy (non-hydrogen) atoms. The topological polar surface area (TPSA) is 86.3 Å². The highest BCUT2D eigenvalue weighted by Gasteiger charge is 2.26. The van der Waals surface area contributed by atoms with Crippen molar-refractivity contribution in [1.82, 2.24) is 19.7 Å². The Bertz CT molecular complexity index is 799. The van der Waals surface area contributed by atoms with E-state index >= 15 is 0 Å². The number of hydrogen-bond acceptors (Lipinski definition) is 5. The first kappa shape index (κ1) is 19.8. The fourth-order valence-electron chi connectivity index (χ4n) is 3.27. The van der Waals surface area contributed by atoms with Gasteiger partial charge in [-0.3, -0.25) is 4.79 Å². The number of ether oxygens (including phenoxy) is 1. The van der Waals surface area contributed by atoms with E-state index in [4.69, 9.17) is 22.1 Å². The number of likely N-dealkylation sites (tertiary alicyclic amines) is 1. The van der Waals surface area contributed by atoms with Crippen LogP contribution in [0.3, 0.4) is 0 Å². The lowest BCUT2D eigenvalue weighted by atomic mass is 10.1. The van der Waals surface area contributed by atoms with Crippen LogP contribution in [0, 0.1) is 13.8 Å². The van der Waals surface area contributed by atoms with E-state index in [0.717, 1.165) is 30.7 Å². The van der Waals surface area contributed by atoms with Crippen LogP contribution in [0.2, 0.25) is 5.02 Å². The number of aromatic nitrogens is 3.